The highest BCUT2D eigenvalue weighted by Crippen LogP contribution is 2.20. The number of thiazole rings is 1. The van der Waals surface area contributed by atoms with Gasteiger partial charge in [-0.25, -0.2) is 4.98 Å². The van der Waals surface area contributed by atoms with Gasteiger partial charge in [-0.05, 0) is 19.8 Å². The van der Waals surface area contributed by atoms with Gasteiger partial charge in [0, 0.05) is 23.3 Å². The molecule has 7 nitrogen and oxygen atoms in total. The van der Waals surface area contributed by atoms with Crippen LogP contribution in [0.3, 0.4) is 0 Å². The van der Waals surface area contributed by atoms with E-state index >= 15 is 0 Å². The van der Waals surface area contributed by atoms with E-state index in [2.05, 4.69) is 20.7 Å². The molecule has 8 heteroatoms. The number of carbonyl (C=O) groups is 1. The molecule has 2 aromatic rings. The summed E-state index contributed by atoms with van der Waals surface area (Å²) in [6.07, 6.45) is 9.33. The van der Waals surface area contributed by atoms with Crippen LogP contribution in [0.5, 0.6) is 0 Å². The minimum atomic E-state index is -0.537. The van der Waals surface area contributed by atoms with E-state index in [4.69, 9.17) is 0 Å². The molecule has 0 aromatic carbocycles. The third-order valence-electron chi connectivity index (χ3n) is 4.05. The first-order chi connectivity index (χ1) is 11.6. The molecule has 1 aliphatic rings. The molecule has 3 N–H and O–H groups in total. The largest absolute Gasteiger partial charge is 0.386 e. The van der Waals surface area contributed by atoms with Crippen molar-refractivity contribution in [2.24, 2.45) is 0 Å². The Morgan fingerprint density at radius 2 is 2.25 bits per heavy atom. The molecule has 3 rings (SSSR count). The predicted molar refractivity (Wildman–Crippen MR) is 92.7 cm³/mol. The lowest BCUT2D eigenvalue weighted by Crippen LogP contribution is -2.35. The van der Waals surface area contributed by atoms with Crippen LogP contribution in [0.15, 0.2) is 18.6 Å². The first kappa shape index (κ1) is 16.9. The van der Waals surface area contributed by atoms with Crippen molar-refractivity contribution in [1.82, 2.24) is 20.1 Å². The second kappa shape index (κ2) is 7.76. The van der Waals surface area contributed by atoms with Gasteiger partial charge in [-0.2, -0.15) is 5.10 Å². The molecule has 0 aliphatic heterocycles. The molecule has 0 bridgehead atoms. The Kier molecular flexibility index (Phi) is 5.47. The Balaban J connectivity index is 1.46. The minimum Gasteiger partial charge on any atom is -0.386 e. The smallest absolute Gasteiger partial charge is 0.241 e. The highest BCUT2D eigenvalue weighted by molar-refractivity contribution is 7.11. The summed E-state index contributed by atoms with van der Waals surface area (Å²) in [5.41, 5.74) is 0.857. The van der Waals surface area contributed by atoms with Crippen molar-refractivity contribution in [3.63, 3.8) is 0 Å². The fourth-order valence-corrected chi connectivity index (χ4v) is 3.61. The van der Waals surface area contributed by atoms with E-state index in [1.54, 1.807) is 24.0 Å². The van der Waals surface area contributed by atoms with Crippen molar-refractivity contribution < 1.29 is 9.90 Å². The van der Waals surface area contributed by atoms with Gasteiger partial charge in [0.15, 0.2) is 0 Å². The lowest BCUT2D eigenvalue weighted by Gasteiger charge is -2.11. The summed E-state index contributed by atoms with van der Waals surface area (Å²) in [5, 5.41) is 20.7. The molecule has 1 saturated carbocycles. The normalized spacial score (nSPS) is 16.2. The summed E-state index contributed by atoms with van der Waals surface area (Å²) in [6.45, 7) is 2.56. The average molecular weight is 349 g/mol. The predicted octanol–water partition coefficient (Wildman–Crippen LogP) is 2.06. The maximum absolute atomic E-state index is 12.0. The first-order valence-electron chi connectivity index (χ1n) is 8.28. The summed E-state index contributed by atoms with van der Waals surface area (Å²) in [5.74, 6) is 0.0144. The molecule has 1 fully saturated rings. The number of hydrogen-bond acceptors (Lipinski definition) is 6. The van der Waals surface area contributed by atoms with Gasteiger partial charge in [-0.3, -0.25) is 9.48 Å². The van der Waals surface area contributed by atoms with Crippen molar-refractivity contribution in [2.45, 2.75) is 57.8 Å². The summed E-state index contributed by atoms with van der Waals surface area (Å²) >= 11 is 1.48. The number of hydrogen-bond donors (Lipinski definition) is 3. The zero-order valence-corrected chi connectivity index (χ0v) is 14.6. The number of anilines is 1. The zero-order valence-electron chi connectivity index (χ0n) is 13.7. The number of aliphatic hydroxyl groups excluding tert-OH is 1. The lowest BCUT2D eigenvalue weighted by atomic mass is 10.2. The van der Waals surface area contributed by atoms with Crippen LogP contribution in [0.25, 0.3) is 0 Å². The Labute approximate surface area is 145 Å². The number of nitrogens with zero attached hydrogens (tertiary/aromatic N) is 3. The highest BCUT2D eigenvalue weighted by atomic mass is 32.1. The molecule has 0 spiro atoms. The number of aliphatic hydroxyl groups is 1. The van der Waals surface area contributed by atoms with E-state index in [-0.39, 0.29) is 12.5 Å². The molecule has 2 heterocycles. The van der Waals surface area contributed by atoms with E-state index in [9.17, 15) is 9.90 Å². The number of aromatic nitrogens is 3. The minimum absolute atomic E-state index is 0.0144. The maximum Gasteiger partial charge on any atom is 0.241 e. The van der Waals surface area contributed by atoms with Gasteiger partial charge < -0.3 is 15.7 Å². The van der Waals surface area contributed by atoms with E-state index in [1.165, 1.54) is 24.2 Å². The van der Waals surface area contributed by atoms with Gasteiger partial charge in [-0.1, -0.05) is 12.8 Å². The van der Waals surface area contributed by atoms with Crippen LogP contribution in [0.4, 0.5) is 5.69 Å². The van der Waals surface area contributed by atoms with Crippen LogP contribution in [-0.4, -0.2) is 31.8 Å². The molecular formula is C16H23N5O2S. The van der Waals surface area contributed by atoms with E-state index in [0.29, 0.717) is 17.6 Å². The molecule has 2 aromatic heterocycles. The van der Waals surface area contributed by atoms with Crippen LogP contribution in [-0.2, 0) is 17.9 Å². The molecule has 1 atom stereocenters. The molecule has 130 valence electrons. The Morgan fingerprint density at radius 1 is 1.46 bits per heavy atom. The van der Waals surface area contributed by atoms with Crippen LogP contribution >= 0.6 is 11.3 Å². The monoisotopic (exact) mass is 349 g/mol. The SMILES string of the molecule is CC(O)c1ncc(CNc2cnn(CC(=O)NC3CCCC3)c2)s1. The third kappa shape index (κ3) is 4.55. The van der Waals surface area contributed by atoms with E-state index in [1.807, 2.05) is 6.20 Å². The topological polar surface area (TPSA) is 92.1 Å². The molecule has 1 unspecified atom stereocenters. The van der Waals surface area contributed by atoms with Crippen molar-refractivity contribution in [1.29, 1.82) is 0 Å². The molecular weight excluding hydrogens is 326 g/mol. The summed E-state index contributed by atoms with van der Waals surface area (Å²) in [4.78, 5) is 17.2. The fraction of sp³-hybridized carbons (Fsp3) is 0.562. The molecule has 0 radical (unpaired) electrons. The van der Waals surface area contributed by atoms with Gasteiger partial charge in [0.2, 0.25) is 5.91 Å². The first-order valence-corrected chi connectivity index (χ1v) is 9.10. The lowest BCUT2D eigenvalue weighted by molar-refractivity contribution is -0.122. The fourth-order valence-electron chi connectivity index (χ4n) is 2.82. The van der Waals surface area contributed by atoms with Crippen LogP contribution in [0, 0.1) is 0 Å². The van der Waals surface area contributed by atoms with Crippen molar-refractivity contribution in [2.75, 3.05) is 5.32 Å². The third-order valence-corrected chi connectivity index (χ3v) is 5.22. The zero-order chi connectivity index (χ0) is 16.9. The van der Waals surface area contributed by atoms with Gasteiger partial charge in [0.1, 0.15) is 17.7 Å². The van der Waals surface area contributed by atoms with Crippen LogP contribution in [0.1, 0.15) is 48.6 Å². The Bertz CT molecular complexity index is 676. The highest BCUT2D eigenvalue weighted by Gasteiger charge is 2.17. The number of nitrogens with one attached hydrogen (secondary N) is 2. The van der Waals surface area contributed by atoms with Gasteiger partial charge in [0.05, 0.1) is 18.4 Å². The second-order valence-corrected chi connectivity index (χ2v) is 7.32. The van der Waals surface area contributed by atoms with Gasteiger partial charge >= 0.3 is 0 Å². The molecule has 0 saturated heterocycles. The number of carbonyl (C=O) groups excluding carboxylic acids is 1. The molecule has 24 heavy (non-hydrogen) atoms. The Morgan fingerprint density at radius 3 is 2.96 bits per heavy atom. The Hall–Kier alpha value is -1.93. The van der Waals surface area contributed by atoms with Gasteiger partial charge in [-0.15, -0.1) is 11.3 Å². The van der Waals surface area contributed by atoms with Crippen molar-refractivity contribution >= 4 is 22.9 Å². The molecule has 1 aliphatic carbocycles. The summed E-state index contributed by atoms with van der Waals surface area (Å²) < 4.78 is 1.64. The second-order valence-electron chi connectivity index (χ2n) is 6.17. The summed E-state index contributed by atoms with van der Waals surface area (Å²) in [7, 11) is 0. The maximum atomic E-state index is 12.0. The van der Waals surface area contributed by atoms with Crippen LogP contribution in [0.2, 0.25) is 0 Å². The van der Waals surface area contributed by atoms with Crippen molar-refractivity contribution in [3.8, 4) is 0 Å². The summed E-state index contributed by atoms with van der Waals surface area (Å²) in [6, 6.07) is 0.333. The van der Waals surface area contributed by atoms with Gasteiger partial charge in [0.25, 0.3) is 0 Å². The number of rotatable bonds is 7. The van der Waals surface area contributed by atoms with Crippen molar-refractivity contribution in [3.05, 3.63) is 28.5 Å². The number of amides is 1. The quantitative estimate of drug-likeness (QED) is 0.712. The van der Waals surface area contributed by atoms with Crippen LogP contribution < -0.4 is 10.6 Å². The van der Waals surface area contributed by atoms with E-state index < -0.39 is 6.10 Å². The average Bonchev–Trinajstić information content (AvgIpc) is 3.26. The van der Waals surface area contributed by atoms with E-state index in [0.717, 1.165) is 23.4 Å². The molecule has 1 amide bonds. The standard InChI is InChI=1S/C16H23N5O2S/c1-11(22)16-18-8-14(24-16)7-17-13-6-19-21(9-13)10-15(23)20-12-4-2-3-5-12/h6,8-9,11-12,17,22H,2-5,7,10H2,1H3,(H,20,23).